The third-order valence-electron chi connectivity index (χ3n) is 11.2. The molecule has 0 rings (SSSR count). The Balaban J connectivity index is 4.14. The van der Waals surface area contributed by atoms with Crippen LogP contribution in [0.1, 0.15) is 232 Å². The van der Waals surface area contributed by atoms with Crippen LogP contribution in [0.2, 0.25) is 0 Å². The number of hydrogen-bond acceptors (Lipinski definition) is 6. The molecule has 0 aromatic carbocycles. The van der Waals surface area contributed by atoms with E-state index in [0.29, 0.717) is 24.1 Å². The molecule has 0 aliphatic carbocycles. The molecule has 0 aromatic heterocycles. The Kier molecular flexibility index (Phi) is 44.3. The summed E-state index contributed by atoms with van der Waals surface area (Å²) in [5.41, 5.74) is 0. The molecule has 9 heteroatoms. The number of phosphoric acid groups is 1. The van der Waals surface area contributed by atoms with Crippen molar-refractivity contribution in [1.82, 2.24) is 0 Å². The van der Waals surface area contributed by atoms with Gasteiger partial charge in [0.15, 0.2) is 0 Å². The molecule has 1 N–H and O–H groups in total. The first-order chi connectivity index (χ1) is 29.6. The van der Waals surface area contributed by atoms with E-state index in [9.17, 15) is 14.3 Å². The van der Waals surface area contributed by atoms with E-state index in [1.165, 1.54) is 173 Å². The zero-order valence-corrected chi connectivity index (χ0v) is 41.8. The fraction of sp³-hybridized carbons (Fsp3) is 0.865. The lowest BCUT2D eigenvalue weighted by Gasteiger charge is -2.24. The second kappa shape index (κ2) is 45.3. The molecular formula is C52H101NO7P+. The van der Waals surface area contributed by atoms with Crippen LogP contribution in [0, 0.1) is 0 Å². The van der Waals surface area contributed by atoms with Gasteiger partial charge < -0.3 is 18.9 Å². The van der Waals surface area contributed by atoms with Gasteiger partial charge in [-0.3, -0.25) is 13.8 Å². The number of rotatable bonds is 48. The maximum Gasteiger partial charge on any atom is 0.472 e. The SMILES string of the molecule is CCCCC/C=C\C/C=C\CCCCCCCCCCOCC(COP(=O)(O)OCC[N+](C)(C)C)OC(=O)CCCCCCCCCCC/C=C\CCCCCCCCCC. The molecule has 8 nitrogen and oxygen atoms in total. The van der Waals surface area contributed by atoms with Crippen LogP contribution >= 0.6 is 7.82 Å². The number of unbranched alkanes of at least 4 members (excludes halogenated alkanes) is 28. The molecular weight excluding hydrogens is 782 g/mol. The second-order valence-electron chi connectivity index (χ2n) is 18.5. The van der Waals surface area contributed by atoms with Crippen LogP contribution in [0.5, 0.6) is 0 Å². The number of quaternary nitrogens is 1. The molecule has 0 fully saturated rings. The Labute approximate surface area is 378 Å². The Morgan fingerprint density at radius 2 is 0.902 bits per heavy atom. The third-order valence-corrected chi connectivity index (χ3v) is 12.2. The average molecular weight is 883 g/mol. The van der Waals surface area contributed by atoms with Gasteiger partial charge in [0.25, 0.3) is 0 Å². The largest absolute Gasteiger partial charge is 0.472 e. The molecule has 0 heterocycles. The smallest absolute Gasteiger partial charge is 0.457 e. The molecule has 61 heavy (non-hydrogen) atoms. The van der Waals surface area contributed by atoms with Crippen LogP contribution in [0.15, 0.2) is 36.5 Å². The Morgan fingerprint density at radius 1 is 0.508 bits per heavy atom. The summed E-state index contributed by atoms with van der Waals surface area (Å²) >= 11 is 0. The predicted octanol–water partition coefficient (Wildman–Crippen LogP) is 15.7. The molecule has 0 aromatic rings. The number of hydrogen-bond donors (Lipinski definition) is 1. The van der Waals surface area contributed by atoms with Gasteiger partial charge in [-0.15, -0.1) is 0 Å². The zero-order valence-electron chi connectivity index (χ0n) is 40.9. The summed E-state index contributed by atoms with van der Waals surface area (Å²) in [5.74, 6) is -0.316. The summed E-state index contributed by atoms with van der Waals surface area (Å²) in [5, 5.41) is 0. The van der Waals surface area contributed by atoms with Crippen LogP contribution < -0.4 is 0 Å². The number of carbonyl (C=O) groups is 1. The van der Waals surface area contributed by atoms with Crippen LogP contribution in [0.3, 0.4) is 0 Å². The number of nitrogens with zero attached hydrogens (tertiary/aromatic N) is 1. The topological polar surface area (TPSA) is 91.3 Å². The van der Waals surface area contributed by atoms with E-state index < -0.39 is 13.9 Å². The highest BCUT2D eigenvalue weighted by Crippen LogP contribution is 2.43. The average Bonchev–Trinajstić information content (AvgIpc) is 3.22. The quantitative estimate of drug-likeness (QED) is 0.0214. The maximum absolute atomic E-state index is 12.8. The first-order valence-electron chi connectivity index (χ1n) is 25.7. The van der Waals surface area contributed by atoms with Crippen molar-refractivity contribution in [2.75, 3.05) is 54.1 Å². The monoisotopic (exact) mass is 883 g/mol. The van der Waals surface area contributed by atoms with E-state index in [0.717, 1.165) is 38.5 Å². The van der Waals surface area contributed by atoms with Crippen LogP contribution in [-0.2, 0) is 27.9 Å². The summed E-state index contributed by atoms with van der Waals surface area (Å²) in [6.45, 7) is 5.61. The Morgan fingerprint density at radius 3 is 1.38 bits per heavy atom. The number of carbonyl (C=O) groups excluding carboxylic acids is 1. The van der Waals surface area contributed by atoms with Crippen molar-refractivity contribution >= 4 is 13.8 Å². The molecule has 0 amide bonds. The number of likely N-dealkylation sites (N-methyl/N-ethyl adjacent to an activating group) is 1. The van der Waals surface area contributed by atoms with Gasteiger partial charge in [-0.2, -0.15) is 0 Å². The van der Waals surface area contributed by atoms with Crippen molar-refractivity contribution in [3.8, 4) is 0 Å². The zero-order chi connectivity index (χ0) is 44.8. The summed E-state index contributed by atoms with van der Waals surface area (Å²) < 4.78 is 35.1. The number of allylic oxidation sites excluding steroid dienone is 6. The van der Waals surface area contributed by atoms with E-state index in [-0.39, 0.29) is 25.8 Å². The fourth-order valence-electron chi connectivity index (χ4n) is 7.17. The highest BCUT2D eigenvalue weighted by molar-refractivity contribution is 7.47. The lowest BCUT2D eigenvalue weighted by atomic mass is 10.1. The number of ether oxygens (including phenoxy) is 2. The van der Waals surface area contributed by atoms with Crippen molar-refractivity contribution in [3.63, 3.8) is 0 Å². The molecule has 2 unspecified atom stereocenters. The predicted molar refractivity (Wildman–Crippen MR) is 261 cm³/mol. The van der Waals surface area contributed by atoms with Crippen molar-refractivity contribution < 1.29 is 37.3 Å². The van der Waals surface area contributed by atoms with Gasteiger partial charge in [-0.1, -0.05) is 192 Å². The minimum absolute atomic E-state index is 0.0873. The highest BCUT2D eigenvalue weighted by atomic mass is 31.2. The molecule has 2 atom stereocenters. The van der Waals surface area contributed by atoms with Gasteiger partial charge in [0, 0.05) is 13.0 Å². The lowest BCUT2D eigenvalue weighted by molar-refractivity contribution is -0.870. The summed E-state index contributed by atoms with van der Waals surface area (Å²) in [6.07, 6.45) is 54.7. The second-order valence-corrected chi connectivity index (χ2v) is 20.0. The maximum atomic E-state index is 12.8. The lowest BCUT2D eigenvalue weighted by Crippen LogP contribution is -2.37. The minimum Gasteiger partial charge on any atom is -0.457 e. The highest BCUT2D eigenvalue weighted by Gasteiger charge is 2.26. The van der Waals surface area contributed by atoms with Crippen molar-refractivity contribution in [2.45, 2.75) is 238 Å². The van der Waals surface area contributed by atoms with Crippen molar-refractivity contribution in [2.24, 2.45) is 0 Å². The van der Waals surface area contributed by atoms with E-state index in [4.69, 9.17) is 18.5 Å². The first kappa shape index (κ1) is 59.7. The van der Waals surface area contributed by atoms with E-state index >= 15 is 0 Å². The normalized spacial score (nSPS) is 13.9. The van der Waals surface area contributed by atoms with E-state index in [1.54, 1.807) is 0 Å². The molecule has 0 saturated heterocycles. The Hall–Kier alpha value is -1.28. The number of esters is 1. The van der Waals surface area contributed by atoms with Crippen molar-refractivity contribution in [1.29, 1.82) is 0 Å². The van der Waals surface area contributed by atoms with Gasteiger partial charge in [0.05, 0.1) is 34.4 Å². The summed E-state index contributed by atoms with van der Waals surface area (Å²) in [7, 11) is 1.67. The molecule has 0 bridgehead atoms. The summed E-state index contributed by atoms with van der Waals surface area (Å²) in [4.78, 5) is 23.0. The van der Waals surface area contributed by atoms with Gasteiger partial charge in [0.1, 0.15) is 19.3 Å². The minimum atomic E-state index is -4.28. The molecule has 0 radical (unpaired) electrons. The van der Waals surface area contributed by atoms with Crippen LogP contribution in [0.25, 0.3) is 0 Å². The molecule has 0 aliphatic rings. The Bertz CT molecular complexity index is 1070. The van der Waals surface area contributed by atoms with Gasteiger partial charge in [-0.25, -0.2) is 4.57 Å². The molecule has 0 spiro atoms. The van der Waals surface area contributed by atoms with E-state index in [1.807, 2.05) is 21.1 Å². The summed E-state index contributed by atoms with van der Waals surface area (Å²) in [6, 6.07) is 0. The van der Waals surface area contributed by atoms with E-state index in [2.05, 4.69) is 50.3 Å². The van der Waals surface area contributed by atoms with Crippen molar-refractivity contribution in [3.05, 3.63) is 36.5 Å². The van der Waals surface area contributed by atoms with Gasteiger partial charge in [0.2, 0.25) is 0 Å². The number of phosphoric ester groups is 1. The van der Waals surface area contributed by atoms with Gasteiger partial charge in [-0.05, 0) is 70.6 Å². The molecule has 0 aliphatic heterocycles. The standard InChI is InChI=1S/C52H100NO7P/c1-6-8-10-12-14-16-18-20-22-24-26-27-28-29-31-33-35-37-39-41-43-45-52(54)60-51(50-59-61(55,56)58-48-46-53(3,4)5)49-57-47-44-42-40-38-36-34-32-30-25-23-21-19-17-15-13-11-9-7-2/h15,17,21,23-24,26,51H,6-14,16,18-20,22,25,27-50H2,1-5H3/p+1/b17-15-,23-21-,26-24-. The fourth-order valence-corrected chi connectivity index (χ4v) is 7.91. The molecule has 360 valence electrons. The first-order valence-corrected chi connectivity index (χ1v) is 27.2. The molecule has 0 saturated carbocycles. The van der Waals surface area contributed by atoms with Crippen LogP contribution in [-0.4, -0.2) is 75.6 Å². The van der Waals surface area contributed by atoms with Gasteiger partial charge >= 0.3 is 13.8 Å². The van der Waals surface area contributed by atoms with Crippen LogP contribution in [0.4, 0.5) is 0 Å². The third kappa shape index (κ3) is 49.6.